The highest BCUT2D eigenvalue weighted by molar-refractivity contribution is 5.32. The third kappa shape index (κ3) is 1.50. The normalized spacial score (nSPS) is 9.50. The molecule has 0 aromatic carbocycles. The van der Waals surface area contributed by atoms with Gasteiger partial charge in [-0.3, -0.25) is 0 Å². The summed E-state index contributed by atoms with van der Waals surface area (Å²) < 4.78 is 4.82. The van der Waals surface area contributed by atoms with Gasteiger partial charge in [-0.1, -0.05) is 0 Å². The number of nitrogens with zero attached hydrogens (tertiary/aromatic N) is 2. The van der Waals surface area contributed by atoms with Crippen LogP contribution in [-0.2, 0) is 0 Å². The maximum absolute atomic E-state index is 10.3. The number of hydrogen-bond donors (Lipinski definition) is 0. The lowest BCUT2D eigenvalue weighted by atomic mass is 10.3. The van der Waals surface area contributed by atoms with E-state index >= 15 is 0 Å². The summed E-state index contributed by atoms with van der Waals surface area (Å²) in [5, 5.41) is 10.3. The van der Waals surface area contributed by atoms with E-state index in [0.29, 0.717) is 5.88 Å². The molecule has 0 bridgehead atoms. The largest absolute Gasteiger partial charge is 0.463 e. The molecule has 0 saturated heterocycles. The Labute approximate surface area is 69.1 Å². The fourth-order valence-corrected chi connectivity index (χ4v) is 0.809. The third-order valence-electron chi connectivity index (χ3n) is 1.42. The van der Waals surface area contributed by atoms with E-state index in [1.807, 2.05) is 0 Å². The van der Waals surface area contributed by atoms with Gasteiger partial charge in [0.15, 0.2) is 0 Å². The molecule has 1 rings (SSSR count). The predicted molar refractivity (Wildman–Crippen MR) is 42.2 cm³/mol. The van der Waals surface area contributed by atoms with Crippen LogP contribution in [0.15, 0.2) is 12.1 Å². The number of hydrogen-bond acceptors (Lipinski definition) is 4. The summed E-state index contributed by atoms with van der Waals surface area (Å²) in [5.41, 5.74) is 0.781. The minimum Gasteiger partial charge on any atom is -0.463 e. The Hall–Kier alpha value is -1.65. The average Bonchev–Trinajstić information content (AvgIpc) is 2.05. The van der Waals surface area contributed by atoms with Crippen molar-refractivity contribution in [2.24, 2.45) is 0 Å². The van der Waals surface area contributed by atoms with E-state index in [1.54, 1.807) is 13.0 Å². The standard InChI is InChI=1S/C7H8N2O3/c1-5-3-4-6(9(10)11)8-7(5)12-2/h3-4H,1-2H3. The fraction of sp³-hybridized carbons (Fsp3) is 0.286. The van der Waals surface area contributed by atoms with E-state index in [2.05, 4.69) is 4.98 Å². The van der Waals surface area contributed by atoms with Crippen LogP contribution in [0.1, 0.15) is 5.56 Å². The van der Waals surface area contributed by atoms with Crippen molar-refractivity contribution in [3.05, 3.63) is 27.8 Å². The van der Waals surface area contributed by atoms with Crippen molar-refractivity contribution in [3.63, 3.8) is 0 Å². The molecule has 12 heavy (non-hydrogen) atoms. The first-order chi connectivity index (χ1) is 5.65. The lowest BCUT2D eigenvalue weighted by molar-refractivity contribution is -0.389. The minimum absolute atomic E-state index is 0.197. The molecular weight excluding hydrogens is 160 g/mol. The Kier molecular flexibility index (Phi) is 2.23. The van der Waals surface area contributed by atoms with Crippen molar-refractivity contribution < 1.29 is 9.66 Å². The molecule has 0 radical (unpaired) electrons. The minimum atomic E-state index is -0.554. The van der Waals surface area contributed by atoms with Crippen LogP contribution in [0, 0.1) is 17.0 Å². The lowest BCUT2D eigenvalue weighted by Gasteiger charge is -1.97. The smallest absolute Gasteiger partial charge is 0.367 e. The monoisotopic (exact) mass is 168 g/mol. The molecule has 1 heterocycles. The van der Waals surface area contributed by atoms with Gasteiger partial charge in [0, 0.05) is 16.6 Å². The van der Waals surface area contributed by atoms with Gasteiger partial charge < -0.3 is 14.9 Å². The summed E-state index contributed by atoms with van der Waals surface area (Å²) in [6.45, 7) is 1.77. The summed E-state index contributed by atoms with van der Waals surface area (Å²) in [5.74, 6) is 0.0988. The van der Waals surface area contributed by atoms with E-state index in [-0.39, 0.29) is 5.82 Å². The Morgan fingerprint density at radius 1 is 1.58 bits per heavy atom. The average molecular weight is 168 g/mol. The maximum Gasteiger partial charge on any atom is 0.367 e. The van der Waals surface area contributed by atoms with Crippen LogP contribution in [0.3, 0.4) is 0 Å². The highest BCUT2D eigenvalue weighted by Crippen LogP contribution is 2.17. The summed E-state index contributed by atoms with van der Waals surface area (Å²) in [7, 11) is 1.43. The molecule has 0 unspecified atom stereocenters. The van der Waals surface area contributed by atoms with Crippen LogP contribution in [0.4, 0.5) is 5.82 Å². The van der Waals surface area contributed by atoms with Crippen LogP contribution in [0.5, 0.6) is 5.88 Å². The molecule has 0 spiro atoms. The Bertz CT molecular complexity index is 312. The molecule has 1 aromatic heterocycles. The molecular formula is C7H8N2O3. The first kappa shape index (κ1) is 8.45. The molecule has 0 fully saturated rings. The van der Waals surface area contributed by atoms with E-state index in [0.717, 1.165) is 5.56 Å². The molecule has 5 heteroatoms. The number of methoxy groups -OCH3 is 1. The summed E-state index contributed by atoms with van der Waals surface area (Å²) >= 11 is 0. The van der Waals surface area contributed by atoms with Crippen molar-refractivity contribution in [1.82, 2.24) is 4.98 Å². The van der Waals surface area contributed by atoms with Crippen molar-refractivity contribution in [2.45, 2.75) is 6.92 Å². The van der Waals surface area contributed by atoms with Crippen molar-refractivity contribution in [1.29, 1.82) is 0 Å². The molecule has 0 saturated carbocycles. The van der Waals surface area contributed by atoms with E-state index in [1.165, 1.54) is 13.2 Å². The van der Waals surface area contributed by atoms with E-state index in [9.17, 15) is 10.1 Å². The number of pyridine rings is 1. The van der Waals surface area contributed by atoms with Gasteiger partial charge in [0.05, 0.1) is 7.11 Å². The quantitative estimate of drug-likeness (QED) is 0.493. The van der Waals surface area contributed by atoms with Crippen LogP contribution < -0.4 is 4.74 Å². The first-order valence-electron chi connectivity index (χ1n) is 3.31. The Balaban J connectivity index is 3.13. The van der Waals surface area contributed by atoms with Crippen molar-refractivity contribution in [3.8, 4) is 5.88 Å². The van der Waals surface area contributed by atoms with Gasteiger partial charge in [-0.2, -0.15) is 0 Å². The number of rotatable bonds is 2. The van der Waals surface area contributed by atoms with E-state index in [4.69, 9.17) is 4.74 Å². The van der Waals surface area contributed by atoms with Gasteiger partial charge in [-0.05, 0) is 17.9 Å². The molecule has 0 aliphatic carbocycles. The van der Waals surface area contributed by atoms with Gasteiger partial charge in [-0.15, -0.1) is 0 Å². The van der Waals surface area contributed by atoms with E-state index < -0.39 is 4.92 Å². The summed E-state index contributed by atoms with van der Waals surface area (Å²) in [4.78, 5) is 13.4. The molecule has 0 aliphatic heterocycles. The van der Waals surface area contributed by atoms with Gasteiger partial charge in [0.25, 0.3) is 0 Å². The Morgan fingerprint density at radius 3 is 2.75 bits per heavy atom. The number of aryl methyl sites for hydroxylation is 1. The van der Waals surface area contributed by atoms with Gasteiger partial charge in [-0.25, -0.2) is 0 Å². The van der Waals surface area contributed by atoms with Crippen LogP contribution in [-0.4, -0.2) is 17.0 Å². The third-order valence-corrected chi connectivity index (χ3v) is 1.42. The zero-order valence-electron chi connectivity index (χ0n) is 6.77. The van der Waals surface area contributed by atoms with Gasteiger partial charge in [0.1, 0.15) is 0 Å². The molecule has 1 aromatic rings. The second-order valence-electron chi connectivity index (χ2n) is 2.25. The number of aromatic nitrogens is 1. The SMILES string of the molecule is COc1nc([N+](=O)[O-])ccc1C. The molecule has 0 N–H and O–H groups in total. The molecule has 0 atom stereocenters. The second kappa shape index (κ2) is 3.17. The number of nitro groups is 1. The Morgan fingerprint density at radius 2 is 2.25 bits per heavy atom. The second-order valence-corrected chi connectivity index (χ2v) is 2.25. The van der Waals surface area contributed by atoms with Crippen LogP contribution in [0.2, 0.25) is 0 Å². The molecule has 0 aliphatic rings. The topological polar surface area (TPSA) is 65.3 Å². The van der Waals surface area contributed by atoms with Gasteiger partial charge >= 0.3 is 11.7 Å². The first-order valence-corrected chi connectivity index (χ1v) is 3.31. The lowest BCUT2D eigenvalue weighted by Crippen LogP contribution is -1.96. The zero-order chi connectivity index (χ0) is 9.14. The summed E-state index contributed by atoms with van der Waals surface area (Å²) in [6, 6.07) is 2.95. The number of ether oxygens (including phenoxy) is 1. The molecule has 64 valence electrons. The zero-order valence-corrected chi connectivity index (χ0v) is 6.77. The fourth-order valence-electron chi connectivity index (χ4n) is 0.809. The highest BCUT2D eigenvalue weighted by Gasteiger charge is 2.12. The maximum atomic E-state index is 10.3. The van der Waals surface area contributed by atoms with Crippen LogP contribution >= 0.6 is 0 Å². The molecule has 0 amide bonds. The van der Waals surface area contributed by atoms with Crippen molar-refractivity contribution in [2.75, 3.05) is 7.11 Å². The van der Waals surface area contributed by atoms with Crippen LogP contribution in [0.25, 0.3) is 0 Å². The highest BCUT2D eigenvalue weighted by atomic mass is 16.6. The van der Waals surface area contributed by atoms with Gasteiger partial charge in [0.2, 0.25) is 0 Å². The summed E-state index contributed by atoms with van der Waals surface area (Å²) in [6.07, 6.45) is 0. The predicted octanol–water partition coefficient (Wildman–Crippen LogP) is 1.31. The van der Waals surface area contributed by atoms with Crippen molar-refractivity contribution >= 4 is 5.82 Å². The molecule has 5 nitrogen and oxygen atoms in total.